The van der Waals surface area contributed by atoms with Crippen LogP contribution in [-0.2, 0) is 6.61 Å². The Labute approximate surface area is 114 Å². The van der Waals surface area contributed by atoms with E-state index < -0.39 is 16.4 Å². The monoisotopic (exact) mass is 277 g/mol. The Kier molecular flexibility index (Phi) is 4.14. The van der Waals surface area contributed by atoms with Crippen molar-refractivity contribution < 1.29 is 18.8 Å². The molecule has 2 aromatic rings. The zero-order chi connectivity index (χ0) is 14.5. The summed E-state index contributed by atoms with van der Waals surface area (Å²) >= 11 is 0. The summed E-state index contributed by atoms with van der Waals surface area (Å²) in [5.74, 6) is -0.365. The Hall–Kier alpha value is -2.63. The van der Waals surface area contributed by atoms with E-state index in [2.05, 4.69) is 0 Å². The summed E-state index contributed by atoms with van der Waals surface area (Å²) in [4.78, 5) is 10.0. The molecule has 20 heavy (non-hydrogen) atoms. The highest BCUT2D eigenvalue weighted by Crippen LogP contribution is 2.30. The molecule has 0 radical (unpaired) electrons. The smallest absolute Gasteiger partial charge is 0.346 e. The van der Waals surface area contributed by atoms with E-state index >= 15 is 0 Å². The van der Waals surface area contributed by atoms with Crippen molar-refractivity contribution in [1.29, 1.82) is 0 Å². The number of nitrogens with zero attached hydrogens (tertiary/aromatic N) is 1. The molecule has 2 rings (SSSR count). The molecule has 0 aliphatic heterocycles. The molecule has 2 aromatic carbocycles. The van der Waals surface area contributed by atoms with Crippen LogP contribution in [0.25, 0.3) is 0 Å². The van der Waals surface area contributed by atoms with E-state index in [1.165, 1.54) is 19.2 Å². The summed E-state index contributed by atoms with van der Waals surface area (Å²) in [7, 11) is 1.54. The topological polar surface area (TPSA) is 61.6 Å². The molecular weight excluding hydrogens is 265 g/mol. The van der Waals surface area contributed by atoms with Gasteiger partial charge in [-0.25, -0.2) is 0 Å². The lowest BCUT2D eigenvalue weighted by molar-refractivity contribution is -0.388. The van der Waals surface area contributed by atoms with E-state index in [1.54, 1.807) is 24.3 Å². The highest BCUT2D eigenvalue weighted by molar-refractivity contribution is 5.47. The molecule has 0 fully saturated rings. The Balaban J connectivity index is 2.18. The highest BCUT2D eigenvalue weighted by atomic mass is 19.1. The lowest BCUT2D eigenvalue weighted by Crippen LogP contribution is -2.01. The third-order valence-electron chi connectivity index (χ3n) is 2.66. The first-order chi connectivity index (χ1) is 9.61. The van der Waals surface area contributed by atoms with Gasteiger partial charge in [-0.15, -0.1) is 0 Å². The second kappa shape index (κ2) is 6.01. The molecule has 0 saturated carbocycles. The molecule has 0 amide bonds. The van der Waals surface area contributed by atoms with E-state index in [0.717, 1.165) is 11.6 Å². The quantitative estimate of drug-likeness (QED) is 0.621. The van der Waals surface area contributed by atoms with Gasteiger partial charge >= 0.3 is 5.69 Å². The van der Waals surface area contributed by atoms with Crippen molar-refractivity contribution in [2.45, 2.75) is 6.61 Å². The second-order valence-electron chi connectivity index (χ2n) is 3.98. The summed E-state index contributed by atoms with van der Waals surface area (Å²) in [6, 6.07) is 10.8. The molecule has 104 valence electrons. The van der Waals surface area contributed by atoms with Gasteiger partial charge in [-0.3, -0.25) is 10.1 Å². The highest BCUT2D eigenvalue weighted by Gasteiger charge is 2.21. The van der Waals surface area contributed by atoms with E-state index in [4.69, 9.17) is 9.47 Å². The van der Waals surface area contributed by atoms with Crippen LogP contribution in [0, 0.1) is 15.9 Å². The van der Waals surface area contributed by atoms with E-state index in [-0.39, 0.29) is 12.4 Å². The summed E-state index contributed by atoms with van der Waals surface area (Å²) in [5.41, 5.74) is 0.110. The van der Waals surface area contributed by atoms with Gasteiger partial charge in [0.05, 0.1) is 12.0 Å². The van der Waals surface area contributed by atoms with Crippen molar-refractivity contribution >= 4 is 5.69 Å². The van der Waals surface area contributed by atoms with Crippen molar-refractivity contribution in [2.24, 2.45) is 0 Å². The van der Waals surface area contributed by atoms with E-state index in [9.17, 15) is 14.5 Å². The van der Waals surface area contributed by atoms with Crippen molar-refractivity contribution in [1.82, 2.24) is 0 Å². The van der Waals surface area contributed by atoms with Gasteiger partial charge in [0.15, 0.2) is 0 Å². The zero-order valence-corrected chi connectivity index (χ0v) is 10.7. The maximum absolute atomic E-state index is 13.4. The molecule has 5 nitrogen and oxygen atoms in total. The van der Waals surface area contributed by atoms with Gasteiger partial charge in [-0.05, 0) is 29.8 Å². The molecule has 6 heteroatoms. The van der Waals surface area contributed by atoms with Gasteiger partial charge in [0.1, 0.15) is 12.4 Å². The Morgan fingerprint density at radius 1 is 1.25 bits per heavy atom. The predicted octanol–water partition coefficient (Wildman–Crippen LogP) is 3.32. The van der Waals surface area contributed by atoms with Crippen LogP contribution in [0.5, 0.6) is 11.5 Å². The lowest BCUT2D eigenvalue weighted by Gasteiger charge is -2.08. The van der Waals surface area contributed by atoms with Crippen LogP contribution in [-0.4, -0.2) is 12.0 Å². The summed E-state index contributed by atoms with van der Waals surface area (Å²) < 4.78 is 23.8. The number of halogens is 1. The van der Waals surface area contributed by atoms with Gasteiger partial charge in [0, 0.05) is 0 Å². The molecule has 0 atom stereocenters. The van der Waals surface area contributed by atoms with E-state index in [1.807, 2.05) is 0 Å². The Morgan fingerprint density at radius 3 is 2.70 bits per heavy atom. The Bertz CT molecular complexity index is 630. The third kappa shape index (κ3) is 3.03. The van der Waals surface area contributed by atoms with Crippen LogP contribution in [0.15, 0.2) is 42.5 Å². The molecule has 0 aliphatic carbocycles. The fourth-order valence-electron chi connectivity index (χ4n) is 1.71. The minimum absolute atomic E-state index is 0.0848. The van der Waals surface area contributed by atoms with Gasteiger partial charge in [-0.2, -0.15) is 4.39 Å². The molecule has 0 bridgehead atoms. The number of hydrogen-bond acceptors (Lipinski definition) is 4. The first kappa shape index (κ1) is 13.8. The first-order valence-corrected chi connectivity index (χ1v) is 5.80. The predicted molar refractivity (Wildman–Crippen MR) is 70.4 cm³/mol. The zero-order valence-electron chi connectivity index (χ0n) is 10.7. The SMILES string of the molecule is COc1cccc(COc2cccc(F)c2[N+](=O)[O-])c1. The lowest BCUT2D eigenvalue weighted by atomic mass is 10.2. The normalized spacial score (nSPS) is 10.1. The maximum Gasteiger partial charge on any atom is 0.346 e. The number of rotatable bonds is 5. The van der Waals surface area contributed by atoms with Crippen LogP contribution in [0.4, 0.5) is 10.1 Å². The van der Waals surface area contributed by atoms with Gasteiger partial charge in [0.2, 0.25) is 11.6 Å². The van der Waals surface area contributed by atoms with Crippen LogP contribution in [0.3, 0.4) is 0 Å². The summed E-state index contributed by atoms with van der Waals surface area (Å²) in [6.07, 6.45) is 0. The summed E-state index contributed by atoms with van der Waals surface area (Å²) in [6.45, 7) is 0.0848. The number of nitro benzene ring substituents is 1. The third-order valence-corrected chi connectivity index (χ3v) is 2.66. The minimum atomic E-state index is -0.918. The number of para-hydroxylation sites is 1. The molecule has 0 unspecified atom stereocenters. The van der Waals surface area contributed by atoms with Gasteiger partial charge in [-0.1, -0.05) is 18.2 Å². The van der Waals surface area contributed by atoms with Gasteiger partial charge < -0.3 is 9.47 Å². The van der Waals surface area contributed by atoms with E-state index in [0.29, 0.717) is 5.75 Å². The Morgan fingerprint density at radius 2 is 2.00 bits per heavy atom. The number of hydrogen-bond donors (Lipinski definition) is 0. The fraction of sp³-hybridized carbons (Fsp3) is 0.143. The summed E-state index contributed by atoms with van der Waals surface area (Å²) in [5, 5.41) is 10.8. The van der Waals surface area contributed by atoms with Crippen molar-refractivity contribution in [3.63, 3.8) is 0 Å². The number of methoxy groups -OCH3 is 1. The second-order valence-corrected chi connectivity index (χ2v) is 3.98. The maximum atomic E-state index is 13.4. The molecule has 0 aliphatic rings. The van der Waals surface area contributed by atoms with Crippen LogP contribution >= 0.6 is 0 Å². The molecule has 0 N–H and O–H groups in total. The van der Waals surface area contributed by atoms with Crippen LogP contribution < -0.4 is 9.47 Å². The molecular formula is C14H12FNO4. The van der Waals surface area contributed by atoms with Gasteiger partial charge in [0.25, 0.3) is 0 Å². The fourth-order valence-corrected chi connectivity index (χ4v) is 1.71. The van der Waals surface area contributed by atoms with Crippen LogP contribution in [0.1, 0.15) is 5.56 Å². The molecule has 0 heterocycles. The molecule has 0 saturated heterocycles. The largest absolute Gasteiger partial charge is 0.497 e. The first-order valence-electron chi connectivity index (χ1n) is 5.80. The number of nitro groups is 1. The minimum Gasteiger partial charge on any atom is -0.497 e. The van der Waals surface area contributed by atoms with Crippen molar-refractivity contribution in [3.8, 4) is 11.5 Å². The molecule has 0 spiro atoms. The van der Waals surface area contributed by atoms with Crippen molar-refractivity contribution in [3.05, 3.63) is 64.0 Å². The average molecular weight is 277 g/mol. The van der Waals surface area contributed by atoms with Crippen molar-refractivity contribution in [2.75, 3.05) is 7.11 Å². The number of ether oxygens (including phenoxy) is 2. The number of benzene rings is 2. The average Bonchev–Trinajstić information content (AvgIpc) is 2.45. The molecule has 0 aromatic heterocycles. The standard InChI is InChI=1S/C14H12FNO4/c1-19-11-5-2-4-10(8-11)9-20-13-7-3-6-12(15)14(13)16(17)18/h2-8H,9H2,1H3. The van der Waals surface area contributed by atoms with Crippen LogP contribution in [0.2, 0.25) is 0 Å².